The van der Waals surface area contributed by atoms with Gasteiger partial charge in [-0.15, -0.1) is 0 Å². The maximum Gasteiger partial charge on any atom is 0.191 e. The Hall–Kier alpha value is -2.02. The van der Waals surface area contributed by atoms with Crippen molar-refractivity contribution >= 4 is 21.9 Å². The van der Waals surface area contributed by atoms with Gasteiger partial charge in [-0.25, -0.2) is 0 Å². The number of aromatic nitrogens is 1. The summed E-state index contributed by atoms with van der Waals surface area (Å²) in [5, 5.41) is 10.5. The SMILES string of the molecule is CN=C(NCc1ccc(OC)c(Br)c1)NCc1cc(C(C)C)no1. The monoisotopic (exact) mass is 394 g/mol. The van der Waals surface area contributed by atoms with Crippen molar-refractivity contribution in [1.82, 2.24) is 15.8 Å². The molecule has 130 valence electrons. The third kappa shape index (κ3) is 4.99. The number of hydrogen-bond donors (Lipinski definition) is 2. The van der Waals surface area contributed by atoms with Crippen LogP contribution < -0.4 is 15.4 Å². The molecular formula is C17H23BrN4O2. The average molecular weight is 395 g/mol. The topological polar surface area (TPSA) is 71.7 Å². The van der Waals surface area contributed by atoms with E-state index in [2.05, 4.69) is 50.6 Å². The number of guanidine groups is 1. The first-order chi connectivity index (χ1) is 11.5. The smallest absolute Gasteiger partial charge is 0.191 e. The predicted octanol–water partition coefficient (Wildman–Crippen LogP) is 3.43. The standard InChI is InChI=1S/C17H23BrN4O2/c1-11(2)15-8-13(24-22-15)10-21-17(19-3)20-9-12-5-6-16(23-4)14(18)7-12/h5-8,11H,9-10H2,1-4H3,(H2,19,20,21). The molecule has 1 aromatic carbocycles. The van der Waals surface area contributed by atoms with E-state index in [0.717, 1.165) is 27.2 Å². The molecule has 6 nitrogen and oxygen atoms in total. The van der Waals surface area contributed by atoms with E-state index in [4.69, 9.17) is 9.26 Å². The van der Waals surface area contributed by atoms with Crippen LogP contribution in [0.5, 0.6) is 5.75 Å². The van der Waals surface area contributed by atoms with Crippen LogP contribution in [0.4, 0.5) is 0 Å². The Morgan fingerprint density at radius 2 is 2.04 bits per heavy atom. The van der Waals surface area contributed by atoms with Gasteiger partial charge in [0, 0.05) is 19.7 Å². The number of rotatable bonds is 6. The van der Waals surface area contributed by atoms with Crippen molar-refractivity contribution in [1.29, 1.82) is 0 Å². The number of ether oxygens (including phenoxy) is 1. The zero-order chi connectivity index (χ0) is 17.5. The molecule has 0 saturated carbocycles. The lowest BCUT2D eigenvalue weighted by atomic mass is 10.1. The number of hydrogen-bond acceptors (Lipinski definition) is 4. The van der Waals surface area contributed by atoms with Gasteiger partial charge in [-0.1, -0.05) is 25.1 Å². The highest BCUT2D eigenvalue weighted by molar-refractivity contribution is 9.10. The Kier molecular flexibility index (Phi) is 6.66. The van der Waals surface area contributed by atoms with E-state index < -0.39 is 0 Å². The van der Waals surface area contributed by atoms with Gasteiger partial charge >= 0.3 is 0 Å². The zero-order valence-corrected chi connectivity index (χ0v) is 16.0. The van der Waals surface area contributed by atoms with Gasteiger partial charge in [0.1, 0.15) is 5.75 Å². The predicted molar refractivity (Wildman–Crippen MR) is 98.3 cm³/mol. The summed E-state index contributed by atoms with van der Waals surface area (Å²) in [5.74, 6) is 2.65. The molecule has 0 fully saturated rings. The molecule has 0 radical (unpaired) electrons. The third-order valence-electron chi connectivity index (χ3n) is 3.50. The Balaban J connectivity index is 1.87. The summed E-state index contributed by atoms with van der Waals surface area (Å²) in [6, 6.07) is 7.92. The van der Waals surface area contributed by atoms with Crippen molar-refractivity contribution in [2.45, 2.75) is 32.9 Å². The summed E-state index contributed by atoms with van der Waals surface area (Å²) in [6.45, 7) is 5.35. The maximum atomic E-state index is 5.31. The largest absolute Gasteiger partial charge is 0.496 e. The molecule has 0 aliphatic carbocycles. The number of nitrogens with one attached hydrogen (secondary N) is 2. The fourth-order valence-corrected chi connectivity index (χ4v) is 2.67. The van der Waals surface area contributed by atoms with Gasteiger partial charge in [0.15, 0.2) is 11.7 Å². The number of aliphatic imine (C=N–C) groups is 1. The summed E-state index contributed by atoms with van der Waals surface area (Å²) in [5.41, 5.74) is 2.07. The maximum absolute atomic E-state index is 5.31. The van der Waals surface area contributed by atoms with Crippen molar-refractivity contribution in [3.05, 3.63) is 45.8 Å². The fraction of sp³-hybridized carbons (Fsp3) is 0.412. The van der Waals surface area contributed by atoms with E-state index >= 15 is 0 Å². The first-order valence-electron chi connectivity index (χ1n) is 7.76. The molecule has 7 heteroatoms. The van der Waals surface area contributed by atoms with E-state index in [1.54, 1.807) is 14.2 Å². The number of nitrogens with zero attached hydrogens (tertiary/aromatic N) is 2. The number of benzene rings is 1. The molecule has 0 spiro atoms. The summed E-state index contributed by atoms with van der Waals surface area (Å²) >= 11 is 3.49. The van der Waals surface area contributed by atoms with Crippen LogP contribution in [0.3, 0.4) is 0 Å². The molecule has 0 atom stereocenters. The third-order valence-corrected chi connectivity index (χ3v) is 4.12. The second-order valence-corrected chi connectivity index (χ2v) is 6.48. The van der Waals surface area contributed by atoms with Crippen LogP contribution in [0.25, 0.3) is 0 Å². The normalized spacial score (nSPS) is 11.7. The zero-order valence-electron chi connectivity index (χ0n) is 14.4. The van der Waals surface area contributed by atoms with Gasteiger partial charge < -0.3 is 19.9 Å². The Labute approximate surface area is 150 Å². The van der Waals surface area contributed by atoms with Crippen molar-refractivity contribution in [3.63, 3.8) is 0 Å². The summed E-state index contributed by atoms with van der Waals surface area (Å²) < 4.78 is 11.5. The molecule has 2 aromatic rings. The van der Waals surface area contributed by atoms with Crippen molar-refractivity contribution in [3.8, 4) is 5.75 Å². The summed E-state index contributed by atoms with van der Waals surface area (Å²) in [6.07, 6.45) is 0. The van der Waals surface area contributed by atoms with Crippen LogP contribution in [0.15, 0.2) is 38.3 Å². The molecule has 1 aromatic heterocycles. The molecule has 2 N–H and O–H groups in total. The minimum Gasteiger partial charge on any atom is -0.496 e. The Morgan fingerprint density at radius 3 is 2.62 bits per heavy atom. The molecule has 1 heterocycles. The first-order valence-corrected chi connectivity index (χ1v) is 8.55. The minimum absolute atomic E-state index is 0.355. The van der Waals surface area contributed by atoms with E-state index in [1.807, 2.05) is 24.3 Å². The van der Waals surface area contributed by atoms with Crippen LogP contribution >= 0.6 is 15.9 Å². The summed E-state index contributed by atoms with van der Waals surface area (Å²) in [4.78, 5) is 4.21. The Bertz CT molecular complexity index is 698. The van der Waals surface area contributed by atoms with Crippen molar-refractivity contribution < 1.29 is 9.26 Å². The fourth-order valence-electron chi connectivity index (χ4n) is 2.08. The van der Waals surface area contributed by atoms with Gasteiger partial charge in [0.05, 0.1) is 23.8 Å². The van der Waals surface area contributed by atoms with E-state index in [-0.39, 0.29) is 0 Å². The second-order valence-electron chi connectivity index (χ2n) is 5.62. The Morgan fingerprint density at radius 1 is 1.29 bits per heavy atom. The van der Waals surface area contributed by atoms with Gasteiger partial charge in [0.2, 0.25) is 0 Å². The molecule has 0 amide bonds. The first kappa shape index (κ1) is 18.3. The molecule has 2 rings (SSSR count). The van der Waals surface area contributed by atoms with Gasteiger partial charge in [-0.3, -0.25) is 4.99 Å². The highest BCUT2D eigenvalue weighted by Crippen LogP contribution is 2.25. The molecule has 0 bridgehead atoms. The van der Waals surface area contributed by atoms with Crippen molar-refractivity contribution in [2.24, 2.45) is 4.99 Å². The lowest BCUT2D eigenvalue weighted by Gasteiger charge is -2.11. The van der Waals surface area contributed by atoms with E-state index in [9.17, 15) is 0 Å². The molecule has 0 unspecified atom stereocenters. The van der Waals surface area contributed by atoms with Gasteiger partial charge in [-0.05, 0) is 39.5 Å². The van der Waals surface area contributed by atoms with Gasteiger partial charge in [0.25, 0.3) is 0 Å². The van der Waals surface area contributed by atoms with E-state index in [0.29, 0.717) is 25.0 Å². The highest BCUT2D eigenvalue weighted by atomic mass is 79.9. The summed E-state index contributed by atoms with van der Waals surface area (Å²) in [7, 11) is 3.39. The molecule has 0 aliphatic heterocycles. The minimum atomic E-state index is 0.355. The van der Waals surface area contributed by atoms with Crippen LogP contribution in [-0.2, 0) is 13.1 Å². The van der Waals surface area contributed by atoms with Crippen LogP contribution in [0, 0.1) is 0 Å². The van der Waals surface area contributed by atoms with Gasteiger partial charge in [-0.2, -0.15) is 0 Å². The average Bonchev–Trinajstić information content (AvgIpc) is 3.04. The lowest BCUT2D eigenvalue weighted by Crippen LogP contribution is -2.36. The lowest BCUT2D eigenvalue weighted by molar-refractivity contribution is 0.372. The molecule has 24 heavy (non-hydrogen) atoms. The molecular weight excluding hydrogens is 372 g/mol. The van der Waals surface area contributed by atoms with Crippen molar-refractivity contribution in [2.75, 3.05) is 14.2 Å². The molecule has 0 aliphatic rings. The van der Waals surface area contributed by atoms with Crippen LogP contribution in [0.2, 0.25) is 0 Å². The quantitative estimate of drug-likeness (QED) is 0.579. The van der Waals surface area contributed by atoms with E-state index in [1.165, 1.54) is 0 Å². The number of methoxy groups -OCH3 is 1. The molecule has 0 saturated heterocycles. The second kappa shape index (κ2) is 8.73. The van der Waals surface area contributed by atoms with Crippen LogP contribution in [0.1, 0.15) is 36.8 Å². The number of halogens is 1. The van der Waals surface area contributed by atoms with Crippen LogP contribution in [-0.4, -0.2) is 25.3 Å². The highest BCUT2D eigenvalue weighted by Gasteiger charge is 2.08.